The van der Waals surface area contributed by atoms with E-state index in [2.05, 4.69) is 24.3 Å². The summed E-state index contributed by atoms with van der Waals surface area (Å²) in [6, 6.07) is 18.4. The average Bonchev–Trinajstić information content (AvgIpc) is 2.38. The predicted octanol–water partition coefficient (Wildman–Crippen LogP) is 4.30. The Bertz CT molecular complexity index is 746. The first-order valence-electron chi connectivity index (χ1n) is 5.83. The molecule has 3 aromatic rings. The molecule has 0 N–H and O–H groups in total. The second kappa shape index (κ2) is 4.43. The Morgan fingerprint density at radius 2 is 1.50 bits per heavy atom. The van der Waals surface area contributed by atoms with Gasteiger partial charge < -0.3 is 0 Å². The van der Waals surface area contributed by atoms with E-state index in [1.54, 1.807) is 0 Å². The Morgan fingerprint density at radius 3 is 2.22 bits per heavy atom. The summed E-state index contributed by atoms with van der Waals surface area (Å²) in [5, 5.41) is 4.30. The number of rotatable bonds is 2. The third-order valence-electron chi connectivity index (χ3n) is 3.18. The Labute approximate surface area is 110 Å². The van der Waals surface area contributed by atoms with Gasteiger partial charge in [-0.3, -0.25) is 4.79 Å². The lowest BCUT2D eigenvalue weighted by atomic mass is 9.96. The zero-order chi connectivity index (χ0) is 12.5. The minimum Gasteiger partial charge on any atom is -0.281 e. The fourth-order valence-electron chi connectivity index (χ4n) is 2.43. The Morgan fingerprint density at radius 1 is 0.889 bits per heavy atom. The summed E-state index contributed by atoms with van der Waals surface area (Å²) in [6.07, 6.45) is 0.271. The molecule has 0 saturated carbocycles. The molecular weight excluding hydrogens is 244 g/mol. The fraction of sp³-hybridized carbons (Fsp3) is 0.0625. The molecule has 0 heterocycles. The van der Waals surface area contributed by atoms with E-state index in [0.717, 1.165) is 16.3 Å². The molecule has 0 radical (unpaired) electrons. The van der Waals surface area contributed by atoms with Gasteiger partial charge in [0, 0.05) is 6.42 Å². The number of hydrogen-bond donors (Lipinski definition) is 0. The summed E-state index contributed by atoms with van der Waals surface area (Å²) in [4.78, 5) is 11.2. The van der Waals surface area contributed by atoms with Gasteiger partial charge in [-0.15, -0.1) is 0 Å². The number of halogens is 1. The molecular formula is C16H11ClO. The van der Waals surface area contributed by atoms with Gasteiger partial charge in [0.1, 0.15) is 0 Å². The van der Waals surface area contributed by atoms with Crippen molar-refractivity contribution in [2.75, 3.05) is 0 Å². The lowest BCUT2D eigenvalue weighted by Crippen LogP contribution is -1.95. The molecule has 0 atom stereocenters. The van der Waals surface area contributed by atoms with Crippen molar-refractivity contribution in [1.82, 2.24) is 0 Å². The second-order valence-electron chi connectivity index (χ2n) is 4.33. The van der Waals surface area contributed by atoms with Crippen molar-refractivity contribution in [2.24, 2.45) is 0 Å². The first kappa shape index (κ1) is 11.2. The average molecular weight is 255 g/mol. The van der Waals surface area contributed by atoms with Crippen LogP contribution in [0.25, 0.3) is 21.5 Å². The van der Waals surface area contributed by atoms with Crippen molar-refractivity contribution in [3.05, 3.63) is 60.2 Å². The van der Waals surface area contributed by atoms with E-state index in [9.17, 15) is 4.79 Å². The third kappa shape index (κ3) is 1.87. The molecule has 0 bridgehead atoms. The summed E-state index contributed by atoms with van der Waals surface area (Å²) in [5.74, 6) is 0. The highest BCUT2D eigenvalue weighted by Gasteiger charge is 2.08. The van der Waals surface area contributed by atoms with Crippen LogP contribution in [0, 0.1) is 0 Å². The second-order valence-corrected chi connectivity index (χ2v) is 4.76. The number of fused-ring (bicyclic) bond motifs is 3. The normalized spacial score (nSPS) is 10.9. The summed E-state index contributed by atoms with van der Waals surface area (Å²) in [7, 11) is 0. The number of hydrogen-bond acceptors (Lipinski definition) is 1. The van der Waals surface area contributed by atoms with Crippen LogP contribution in [-0.4, -0.2) is 5.24 Å². The van der Waals surface area contributed by atoms with Crippen LogP contribution in [0.5, 0.6) is 0 Å². The molecule has 0 aliphatic rings. The van der Waals surface area contributed by atoms with Crippen molar-refractivity contribution in [2.45, 2.75) is 6.42 Å². The minimum atomic E-state index is -0.324. The molecule has 3 rings (SSSR count). The quantitative estimate of drug-likeness (QED) is 0.492. The minimum absolute atomic E-state index is 0.271. The van der Waals surface area contributed by atoms with E-state index in [0.29, 0.717) is 0 Å². The van der Waals surface area contributed by atoms with Crippen LogP contribution in [0.2, 0.25) is 0 Å². The maximum absolute atomic E-state index is 11.2. The number of benzene rings is 3. The molecule has 0 amide bonds. The summed E-state index contributed by atoms with van der Waals surface area (Å²) in [5.41, 5.74) is 0.990. The lowest BCUT2D eigenvalue weighted by molar-refractivity contribution is -0.111. The van der Waals surface area contributed by atoms with E-state index < -0.39 is 0 Å². The maximum atomic E-state index is 11.2. The molecule has 1 nitrogen and oxygen atoms in total. The van der Waals surface area contributed by atoms with Crippen LogP contribution in [-0.2, 0) is 11.2 Å². The van der Waals surface area contributed by atoms with Gasteiger partial charge in [-0.2, -0.15) is 0 Å². The van der Waals surface area contributed by atoms with Crippen molar-refractivity contribution < 1.29 is 4.79 Å². The van der Waals surface area contributed by atoms with Gasteiger partial charge in [0.2, 0.25) is 5.24 Å². The summed E-state index contributed by atoms with van der Waals surface area (Å²) >= 11 is 5.52. The molecule has 3 aromatic carbocycles. The van der Waals surface area contributed by atoms with E-state index in [1.165, 1.54) is 10.8 Å². The Hall–Kier alpha value is -1.86. The maximum Gasteiger partial charge on any atom is 0.226 e. The van der Waals surface area contributed by atoms with E-state index >= 15 is 0 Å². The van der Waals surface area contributed by atoms with E-state index in [1.807, 2.05) is 30.3 Å². The van der Waals surface area contributed by atoms with Crippen LogP contribution >= 0.6 is 11.6 Å². The molecule has 0 fully saturated rings. The van der Waals surface area contributed by atoms with Gasteiger partial charge in [-0.1, -0.05) is 54.6 Å². The lowest BCUT2D eigenvalue weighted by Gasteiger charge is -2.08. The summed E-state index contributed by atoms with van der Waals surface area (Å²) < 4.78 is 0. The van der Waals surface area contributed by atoms with Crippen LogP contribution in [0.15, 0.2) is 54.6 Å². The monoisotopic (exact) mass is 254 g/mol. The fourth-order valence-corrected chi connectivity index (χ4v) is 2.57. The molecule has 0 spiro atoms. The van der Waals surface area contributed by atoms with Crippen molar-refractivity contribution in [3.8, 4) is 0 Å². The number of carbonyl (C=O) groups excluding carboxylic acids is 1. The van der Waals surface area contributed by atoms with E-state index in [-0.39, 0.29) is 11.7 Å². The smallest absolute Gasteiger partial charge is 0.226 e. The molecule has 0 aromatic heterocycles. The van der Waals surface area contributed by atoms with Gasteiger partial charge in [-0.25, -0.2) is 0 Å². The van der Waals surface area contributed by atoms with Crippen LogP contribution in [0.1, 0.15) is 5.56 Å². The molecule has 0 saturated heterocycles. The zero-order valence-electron chi connectivity index (χ0n) is 9.69. The van der Waals surface area contributed by atoms with Gasteiger partial charge in [0.25, 0.3) is 0 Å². The Kier molecular flexibility index (Phi) is 2.77. The molecule has 0 unspecified atom stereocenters. The summed E-state index contributed by atoms with van der Waals surface area (Å²) in [6.45, 7) is 0. The molecule has 2 heteroatoms. The SMILES string of the molecule is O=C(Cl)Cc1cc2ccccc2c2ccccc12. The van der Waals surface area contributed by atoms with Gasteiger partial charge >= 0.3 is 0 Å². The highest BCUT2D eigenvalue weighted by Crippen LogP contribution is 2.29. The topological polar surface area (TPSA) is 17.1 Å². The van der Waals surface area contributed by atoms with Gasteiger partial charge in [0.05, 0.1) is 0 Å². The molecule has 88 valence electrons. The van der Waals surface area contributed by atoms with Gasteiger partial charge in [-0.05, 0) is 38.7 Å². The van der Waals surface area contributed by atoms with Crippen LogP contribution < -0.4 is 0 Å². The van der Waals surface area contributed by atoms with Crippen LogP contribution in [0.4, 0.5) is 0 Å². The van der Waals surface area contributed by atoms with Crippen LogP contribution in [0.3, 0.4) is 0 Å². The van der Waals surface area contributed by atoms with Gasteiger partial charge in [0.15, 0.2) is 0 Å². The predicted molar refractivity (Wildman–Crippen MR) is 76.0 cm³/mol. The highest BCUT2D eigenvalue weighted by atomic mass is 35.5. The van der Waals surface area contributed by atoms with Crippen molar-refractivity contribution >= 4 is 38.4 Å². The third-order valence-corrected chi connectivity index (χ3v) is 3.32. The zero-order valence-corrected chi connectivity index (χ0v) is 10.4. The Balaban J connectivity index is 2.42. The molecule has 18 heavy (non-hydrogen) atoms. The first-order valence-corrected chi connectivity index (χ1v) is 6.21. The largest absolute Gasteiger partial charge is 0.281 e. The van der Waals surface area contributed by atoms with Crippen molar-refractivity contribution in [1.29, 1.82) is 0 Å². The number of carbonyl (C=O) groups is 1. The first-order chi connectivity index (χ1) is 8.75. The highest BCUT2D eigenvalue weighted by molar-refractivity contribution is 6.63. The molecule has 0 aliphatic carbocycles. The molecule has 0 aliphatic heterocycles. The standard InChI is InChI=1S/C16H11ClO/c17-16(18)10-12-9-11-5-1-2-6-13(11)15-8-4-3-7-14(12)15/h1-9H,10H2. The van der Waals surface area contributed by atoms with Crippen molar-refractivity contribution in [3.63, 3.8) is 0 Å². The van der Waals surface area contributed by atoms with E-state index in [4.69, 9.17) is 11.6 Å².